The van der Waals surface area contributed by atoms with Crippen molar-refractivity contribution >= 4 is 22.0 Å². The predicted molar refractivity (Wildman–Crippen MR) is 58.6 cm³/mol. The molecular formula is C11H15LiO2. The molecule has 0 spiro atoms. The van der Waals surface area contributed by atoms with Gasteiger partial charge in [0.05, 0.1) is 0 Å². The molecule has 0 amide bonds. The summed E-state index contributed by atoms with van der Waals surface area (Å²) < 4.78 is 11.6. The summed E-state index contributed by atoms with van der Waals surface area (Å²) in [5.74, 6) is 0.978. The molecule has 3 heteroatoms. The number of benzene rings is 1. The van der Waals surface area contributed by atoms with Crippen molar-refractivity contribution in [1.29, 1.82) is 0 Å². The summed E-state index contributed by atoms with van der Waals surface area (Å²) in [6.07, 6.45) is 2.05. The molecule has 14 heavy (non-hydrogen) atoms. The molecule has 0 aliphatic heterocycles. The predicted octanol–water partition coefficient (Wildman–Crippen LogP) is 1.07. The molecule has 0 atom stereocenters. The van der Waals surface area contributed by atoms with Crippen LogP contribution in [0.4, 0.5) is 0 Å². The molecular weight excluding hydrogens is 171 g/mol. The Morgan fingerprint density at radius 3 is 2.71 bits per heavy atom. The maximum atomic E-state index is 5.29. The topological polar surface area (TPSA) is 18.5 Å². The van der Waals surface area contributed by atoms with Crippen LogP contribution in [0.15, 0.2) is 18.2 Å². The van der Waals surface area contributed by atoms with Crippen LogP contribution in [-0.2, 0) is 11.2 Å². The zero-order chi connectivity index (χ0) is 10.4. The minimum absolute atomic E-state index is 0.803. The molecule has 0 saturated carbocycles. The van der Waals surface area contributed by atoms with Crippen LogP contribution in [0.1, 0.15) is 12.0 Å². The van der Waals surface area contributed by atoms with E-state index in [1.807, 2.05) is 6.07 Å². The van der Waals surface area contributed by atoms with Crippen molar-refractivity contribution in [3.05, 3.63) is 23.8 Å². The second-order valence-electron chi connectivity index (χ2n) is 3.41. The molecule has 1 aromatic rings. The van der Waals surface area contributed by atoms with Crippen LogP contribution in [0.2, 0.25) is 0 Å². The Morgan fingerprint density at radius 1 is 1.29 bits per heavy atom. The van der Waals surface area contributed by atoms with E-state index in [1.54, 1.807) is 14.2 Å². The average Bonchev–Trinajstić information content (AvgIpc) is 2.19. The third-order valence-corrected chi connectivity index (χ3v) is 2.23. The second kappa shape index (κ2) is 6.13. The van der Waals surface area contributed by atoms with Gasteiger partial charge < -0.3 is 0 Å². The monoisotopic (exact) mass is 186 g/mol. The van der Waals surface area contributed by atoms with Crippen LogP contribution in [0, 0.1) is 0 Å². The van der Waals surface area contributed by atoms with Crippen molar-refractivity contribution in [2.24, 2.45) is 0 Å². The first kappa shape index (κ1) is 11.7. The van der Waals surface area contributed by atoms with Crippen LogP contribution < -0.4 is 8.97 Å². The molecule has 0 fully saturated rings. The van der Waals surface area contributed by atoms with Gasteiger partial charge in [-0.05, 0) is 0 Å². The Balaban J connectivity index is 2.67. The zero-order valence-corrected chi connectivity index (χ0v) is 9.17. The first-order valence-electron chi connectivity index (χ1n) is 4.90. The van der Waals surface area contributed by atoms with Gasteiger partial charge in [0.2, 0.25) is 0 Å². The second-order valence-corrected chi connectivity index (χ2v) is 3.41. The van der Waals surface area contributed by atoms with E-state index in [-0.39, 0.29) is 0 Å². The van der Waals surface area contributed by atoms with E-state index in [1.165, 1.54) is 9.80 Å². The van der Waals surface area contributed by atoms with Crippen molar-refractivity contribution < 1.29 is 9.47 Å². The Bertz CT molecular complexity index is 287. The van der Waals surface area contributed by atoms with Crippen molar-refractivity contribution in [3.63, 3.8) is 0 Å². The van der Waals surface area contributed by atoms with Crippen molar-refractivity contribution in [3.8, 4) is 5.75 Å². The summed E-state index contributed by atoms with van der Waals surface area (Å²) in [4.78, 5) is 0. The maximum absolute atomic E-state index is 5.29. The number of hydrogen-bond acceptors (Lipinski definition) is 2. The Labute approximate surface area is 94.8 Å². The zero-order valence-electron chi connectivity index (χ0n) is 9.17. The molecule has 0 unspecified atom stereocenters. The average molecular weight is 186 g/mol. The first-order chi connectivity index (χ1) is 6.77. The van der Waals surface area contributed by atoms with Gasteiger partial charge in [-0.2, -0.15) is 0 Å². The van der Waals surface area contributed by atoms with Crippen molar-refractivity contribution in [1.82, 2.24) is 0 Å². The molecule has 0 aromatic heterocycles. The molecule has 1 rings (SSSR count). The van der Waals surface area contributed by atoms with E-state index in [2.05, 4.69) is 29.8 Å². The Kier molecular flexibility index (Phi) is 5.11. The van der Waals surface area contributed by atoms with Gasteiger partial charge in [0.25, 0.3) is 0 Å². The third kappa shape index (κ3) is 3.38. The van der Waals surface area contributed by atoms with E-state index in [0.717, 1.165) is 25.2 Å². The number of ether oxygens (including phenoxy) is 2. The number of methoxy groups -OCH3 is 2. The van der Waals surface area contributed by atoms with E-state index in [9.17, 15) is 0 Å². The van der Waals surface area contributed by atoms with Gasteiger partial charge in [-0.25, -0.2) is 0 Å². The molecule has 0 aliphatic rings. The van der Waals surface area contributed by atoms with Gasteiger partial charge >= 0.3 is 94.6 Å². The fourth-order valence-electron chi connectivity index (χ4n) is 1.51. The molecule has 0 aliphatic carbocycles. The standard InChI is InChI=1S/C11H15O2.Li/c1-12-9-5-7-10-6-3-4-8-11(10)13-2;/h4,6,8H,5,7,9H2,1-2H3;. The van der Waals surface area contributed by atoms with Crippen LogP contribution in [-0.4, -0.2) is 38.5 Å². The molecule has 0 heterocycles. The van der Waals surface area contributed by atoms with Crippen LogP contribution in [0.3, 0.4) is 0 Å². The first-order valence-corrected chi connectivity index (χ1v) is 4.90. The molecule has 0 radical (unpaired) electrons. The number of hydrogen-bond donors (Lipinski definition) is 0. The fourth-order valence-corrected chi connectivity index (χ4v) is 1.51. The quantitative estimate of drug-likeness (QED) is 0.506. The summed E-state index contributed by atoms with van der Waals surface area (Å²) in [7, 11) is 3.44. The summed E-state index contributed by atoms with van der Waals surface area (Å²) in [6.45, 7) is 0.803. The number of aryl methyl sites for hydroxylation is 1. The molecule has 1 aromatic carbocycles. The summed E-state index contributed by atoms with van der Waals surface area (Å²) in [5, 5.41) is 0. The van der Waals surface area contributed by atoms with Crippen molar-refractivity contribution in [2.45, 2.75) is 12.8 Å². The molecule has 0 saturated heterocycles. The fraction of sp³-hybridized carbons (Fsp3) is 0.455. The van der Waals surface area contributed by atoms with Gasteiger partial charge in [-0.3, -0.25) is 0 Å². The van der Waals surface area contributed by atoms with Gasteiger partial charge in [0.1, 0.15) is 0 Å². The van der Waals surface area contributed by atoms with E-state index >= 15 is 0 Å². The van der Waals surface area contributed by atoms with E-state index in [4.69, 9.17) is 9.47 Å². The molecule has 0 N–H and O–H groups in total. The van der Waals surface area contributed by atoms with Gasteiger partial charge in [-0.15, -0.1) is 0 Å². The Hall–Kier alpha value is -0.423. The molecule has 0 bridgehead atoms. The van der Waals surface area contributed by atoms with Crippen molar-refractivity contribution in [2.75, 3.05) is 20.8 Å². The van der Waals surface area contributed by atoms with Crippen LogP contribution in [0.5, 0.6) is 5.75 Å². The van der Waals surface area contributed by atoms with E-state index < -0.39 is 0 Å². The summed E-state index contributed by atoms with van der Waals surface area (Å²) in [5.41, 5.74) is 1.27. The SMILES string of the molecule is [Li][c]1ccc(OC)c(CCCOC)c1. The molecule has 72 valence electrons. The summed E-state index contributed by atoms with van der Waals surface area (Å²) in [6, 6.07) is 6.27. The van der Waals surface area contributed by atoms with E-state index in [0.29, 0.717) is 0 Å². The van der Waals surface area contributed by atoms with Crippen LogP contribution >= 0.6 is 0 Å². The van der Waals surface area contributed by atoms with Gasteiger partial charge in [0, 0.05) is 0 Å². The molecule has 2 nitrogen and oxygen atoms in total. The number of rotatable bonds is 5. The van der Waals surface area contributed by atoms with Gasteiger partial charge in [0.15, 0.2) is 0 Å². The Morgan fingerprint density at radius 2 is 2.07 bits per heavy atom. The minimum atomic E-state index is 0.803. The third-order valence-electron chi connectivity index (χ3n) is 2.23. The normalized spacial score (nSPS) is 10.3. The summed E-state index contributed by atoms with van der Waals surface area (Å²) >= 11 is 2.10. The van der Waals surface area contributed by atoms with Gasteiger partial charge in [-0.1, -0.05) is 0 Å². The van der Waals surface area contributed by atoms with Crippen LogP contribution in [0.25, 0.3) is 0 Å².